The van der Waals surface area contributed by atoms with Gasteiger partial charge in [-0.1, -0.05) is 0 Å². The number of carbonyl (C=O) groups is 2. The third-order valence-electron chi connectivity index (χ3n) is 2.44. The van der Waals surface area contributed by atoms with Crippen LogP contribution in [0.15, 0.2) is 24.3 Å². The Morgan fingerprint density at radius 1 is 1.32 bits per heavy atom. The van der Waals surface area contributed by atoms with Gasteiger partial charge in [0.05, 0.1) is 13.2 Å². The summed E-state index contributed by atoms with van der Waals surface area (Å²) in [5.41, 5.74) is 0.434. The number of amides is 1. The molecular formula is C13H17NO5. The molecule has 0 aliphatic carbocycles. The lowest BCUT2D eigenvalue weighted by Crippen LogP contribution is -2.37. The van der Waals surface area contributed by atoms with Crippen LogP contribution in [0, 0.1) is 0 Å². The Morgan fingerprint density at radius 2 is 1.95 bits per heavy atom. The second-order valence-corrected chi connectivity index (χ2v) is 3.73. The molecule has 0 heterocycles. The summed E-state index contributed by atoms with van der Waals surface area (Å²) in [7, 11) is 1.28. The number of methoxy groups -OCH3 is 1. The number of carboxylic acid groups (broad SMARTS) is 1. The van der Waals surface area contributed by atoms with E-state index in [1.165, 1.54) is 7.11 Å². The molecule has 0 radical (unpaired) electrons. The maximum atomic E-state index is 11.8. The minimum Gasteiger partial charge on any atom is -0.494 e. The van der Waals surface area contributed by atoms with Crippen LogP contribution in [0.3, 0.4) is 0 Å². The van der Waals surface area contributed by atoms with E-state index >= 15 is 0 Å². The summed E-state index contributed by atoms with van der Waals surface area (Å²) in [4.78, 5) is 22.5. The highest BCUT2D eigenvalue weighted by Gasteiger charge is 2.17. The SMILES string of the molecule is CCOc1ccc(C(=O)NCC(OC)C(=O)O)cc1. The molecule has 1 aromatic rings. The van der Waals surface area contributed by atoms with Gasteiger partial charge in [0.15, 0.2) is 6.10 Å². The quantitative estimate of drug-likeness (QED) is 0.767. The fraction of sp³-hybridized carbons (Fsp3) is 0.385. The van der Waals surface area contributed by atoms with Crippen molar-refractivity contribution in [1.82, 2.24) is 5.32 Å². The summed E-state index contributed by atoms with van der Waals surface area (Å²) in [6.45, 7) is 2.34. The molecule has 104 valence electrons. The standard InChI is InChI=1S/C13H17NO5/c1-3-19-10-6-4-9(5-7-10)12(15)14-8-11(18-2)13(16)17/h4-7,11H,3,8H2,1-2H3,(H,14,15)(H,16,17). The summed E-state index contributed by atoms with van der Waals surface area (Å²) in [6.07, 6.45) is -1.05. The van der Waals surface area contributed by atoms with Crippen LogP contribution in [-0.4, -0.2) is 43.3 Å². The molecule has 2 N–H and O–H groups in total. The molecule has 0 spiro atoms. The fourth-order valence-corrected chi connectivity index (χ4v) is 1.43. The number of aliphatic carboxylic acids is 1. The van der Waals surface area contributed by atoms with E-state index in [-0.39, 0.29) is 12.5 Å². The minimum atomic E-state index is -1.12. The van der Waals surface area contributed by atoms with Crippen molar-refractivity contribution in [1.29, 1.82) is 0 Å². The van der Waals surface area contributed by atoms with E-state index in [0.29, 0.717) is 17.9 Å². The molecule has 1 rings (SSSR count). The molecule has 19 heavy (non-hydrogen) atoms. The number of ether oxygens (including phenoxy) is 2. The fourth-order valence-electron chi connectivity index (χ4n) is 1.43. The van der Waals surface area contributed by atoms with E-state index in [2.05, 4.69) is 5.32 Å². The van der Waals surface area contributed by atoms with Crippen LogP contribution < -0.4 is 10.1 Å². The number of carbonyl (C=O) groups excluding carboxylic acids is 1. The van der Waals surface area contributed by atoms with Gasteiger partial charge in [0.25, 0.3) is 5.91 Å². The lowest BCUT2D eigenvalue weighted by Gasteiger charge is -2.11. The van der Waals surface area contributed by atoms with E-state index in [4.69, 9.17) is 14.6 Å². The first-order valence-corrected chi connectivity index (χ1v) is 5.85. The molecule has 0 aliphatic rings. The molecule has 1 unspecified atom stereocenters. The van der Waals surface area contributed by atoms with Crippen molar-refractivity contribution in [3.8, 4) is 5.75 Å². The predicted molar refractivity (Wildman–Crippen MR) is 68.4 cm³/mol. The van der Waals surface area contributed by atoms with Crippen molar-refractivity contribution in [2.75, 3.05) is 20.3 Å². The summed E-state index contributed by atoms with van der Waals surface area (Å²) >= 11 is 0. The molecule has 6 nitrogen and oxygen atoms in total. The van der Waals surface area contributed by atoms with Gasteiger partial charge in [-0.15, -0.1) is 0 Å². The average Bonchev–Trinajstić information content (AvgIpc) is 2.40. The summed E-state index contributed by atoms with van der Waals surface area (Å²) in [5.74, 6) is -0.791. The van der Waals surface area contributed by atoms with Crippen LogP contribution in [0.25, 0.3) is 0 Å². The molecule has 1 amide bonds. The number of rotatable bonds is 7. The van der Waals surface area contributed by atoms with Gasteiger partial charge in [-0.3, -0.25) is 4.79 Å². The van der Waals surface area contributed by atoms with Crippen molar-refractivity contribution < 1.29 is 24.2 Å². The molecule has 0 saturated heterocycles. The highest BCUT2D eigenvalue weighted by atomic mass is 16.5. The van der Waals surface area contributed by atoms with E-state index < -0.39 is 12.1 Å². The second kappa shape index (κ2) is 7.38. The molecule has 0 saturated carbocycles. The van der Waals surface area contributed by atoms with E-state index in [9.17, 15) is 9.59 Å². The van der Waals surface area contributed by atoms with Crippen molar-refractivity contribution in [3.05, 3.63) is 29.8 Å². The average molecular weight is 267 g/mol. The first-order valence-electron chi connectivity index (χ1n) is 5.85. The number of carboxylic acids is 1. The van der Waals surface area contributed by atoms with E-state index in [1.54, 1.807) is 24.3 Å². The lowest BCUT2D eigenvalue weighted by atomic mass is 10.2. The van der Waals surface area contributed by atoms with Gasteiger partial charge in [0.1, 0.15) is 5.75 Å². The molecule has 6 heteroatoms. The van der Waals surface area contributed by atoms with Crippen LogP contribution >= 0.6 is 0 Å². The Hall–Kier alpha value is -2.08. The maximum absolute atomic E-state index is 11.8. The van der Waals surface area contributed by atoms with Gasteiger partial charge in [-0.25, -0.2) is 4.79 Å². The highest BCUT2D eigenvalue weighted by molar-refractivity contribution is 5.94. The smallest absolute Gasteiger partial charge is 0.334 e. The zero-order valence-electron chi connectivity index (χ0n) is 10.9. The van der Waals surface area contributed by atoms with Gasteiger partial charge < -0.3 is 19.9 Å². The van der Waals surface area contributed by atoms with Crippen molar-refractivity contribution in [2.45, 2.75) is 13.0 Å². The Bertz CT molecular complexity index is 429. The van der Waals surface area contributed by atoms with Crippen LogP contribution in [0.4, 0.5) is 0 Å². The Balaban J connectivity index is 2.55. The molecule has 0 aliphatic heterocycles. The molecule has 0 bridgehead atoms. The number of nitrogens with one attached hydrogen (secondary N) is 1. The van der Waals surface area contributed by atoms with Crippen molar-refractivity contribution in [2.24, 2.45) is 0 Å². The minimum absolute atomic E-state index is 0.0854. The van der Waals surface area contributed by atoms with Gasteiger partial charge in [-0.2, -0.15) is 0 Å². The second-order valence-electron chi connectivity index (χ2n) is 3.73. The first kappa shape index (κ1) is 15.0. The monoisotopic (exact) mass is 267 g/mol. The van der Waals surface area contributed by atoms with E-state index in [0.717, 1.165) is 0 Å². The van der Waals surface area contributed by atoms with Crippen molar-refractivity contribution >= 4 is 11.9 Å². The predicted octanol–water partition coefficient (Wildman–Crippen LogP) is 0.915. The summed E-state index contributed by atoms with van der Waals surface area (Å²) in [6, 6.07) is 6.60. The van der Waals surface area contributed by atoms with Crippen LogP contribution in [-0.2, 0) is 9.53 Å². The molecule has 0 fully saturated rings. The maximum Gasteiger partial charge on any atom is 0.334 e. The zero-order valence-corrected chi connectivity index (χ0v) is 10.9. The first-order chi connectivity index (χ1) is 9.08. The number of benzene rings is 1. The van der Waals surface area contributed by atoms with Gasteiger partial charge in [0, 0.05) is 12.7 Å². The third-order valence-corrected chi connectivity index (χ3v) is 2.44. The Morgan fingerprint density at radius 3 is 2.42 bits per heavy atom. The molecule has 0 aromatic heterocycles. The summed E-state index contributed by atoms with van der Waals surface area (Å²) < 4.78 is 9.97. The van der Waals surface area contributed by atoms with Crippen LogP contribution in [0.5, 0.6) is 5.75 Å². The third kappa shape index (κ3) is 4.59. The highest BCUT2D eigenvalue weighted by Crippen LogP contribution is 2.11. The Kier molecular flexibility index (Phi) is 5.81. The van der Waals surface area contributed by atoms with Gasteiger partial charge in [-0.05, 0) is 31.2 Å². The van der Waals surface area contributed by atoms with Crippen molar-refractivity contribution in [3.63, 3.8) is 0 Å². The molecular weight excluding hydrogens is 250 g/mol. The van der Waals surface area contributed by atoms with Gasteiger partial charge >= 0.3 is 5.97 Å². The number of hydrogen-bond donors (Lipinski definition) is 2. The Labute approximate surface area is 111 Å². The normalized spacial score (nSPS) is 11.7. The summed E-state index contributed by atoms with van der Waals surface area (Å²) in [5, 5.41) is 11.3. The topological polar surface area (TPSA) is 84.9 Å². The molecule has 1 aromatic carbocycles. The van der Waals surface area contributed by atoms with Crippen LogP contribution in [0.2, 0.25) is 0 Å². The zero-order chi connectivity index (χ0) is 14.3. The van der Waals surface area contributed by atoms with Gasteiger partial charge in [0.2, 0.25) is 0 Å². The lowest BCUT2D eigenvalue weighted by molar-refractivity contribution is -0.148. The number of hydrogen-bond acceptors (Lipinski definition) is 4. The van der Waals surface area contributed by atoms with Crippen LogP contribution in [0.1, 0.15) is 17.3 Å². The molecule has 1 atom stereocenters. The largest absolute Gasteiger partial charge is 0.494 e. The van der Waals surface area contributed by atoms with E-state index in [1.807, 2.05) is 6.92 Å².